The Kier molecular flexibility index (Phi) is 5.57. The minimum Gasteiger partial charge on any atom is -0.465 e. The van der Waals surface area contributed by atoms with Gasteiger partial charge in [0.2, 0.25) is 0 Å². The third-order valence-electron chi connectivity index (χ3n) is 4.12. The lowest BCUT2D eigenvalue weighted by Gasteiger charge is -2.09. The van der Waals surface area contributed by atoms with Crippen molar-refractivity contribution in [2.75, 3.05) is 12.4 Å². The van der Waals surface area contributed by atoms with Gasteiger partial charge in [-0.2, -0.15) is 0 Å². The van der Waals surface area contributed by atoms with E-state index in [1.165, 1.54) is 13.2 Å². The summed E-state index contributed by atoms with van der Waals surface area (Å²) < 4.78 is 6.71. The minimum absolute atomic E-state index is 0.197. The van der Waals surface area contributed by atoms with E-state index in [-0.39, 0.29) is 16.5 Å². The number of aromatic nitrogens is 2. The molecule has 0 aliphatic rings. The Bertz CT molecular complexity index is 980. The molecule has 3 aromatic rings. The summed E-state index contributed by atoms with van der Waals surface area (Å²) in [5.74, 6) is 0.0923. The molecule has 0 radical (unpaired) electrons. The quantitative estimate of drug-likeness (QED) is 0.677. The fourth-order valence-electron chi connectivity index (χ4n) is 2.60. The first kappa shape index (κ1) is 18.7. The second kappa shape index (κ2) is 8.05. The zero-order chi connectivity index (χ0) is 19.4. The van der Waals surface area contributed by atoms with Gasteiger partial charge in [-0.05, 0) is 42.8 Å². The van der Waals surface area contributed by atoms with Crippen LogP contribution in [0.2, 0.25) is 5.02 Å². The van der Waals surface area contributed by atoms with Gasteiger partial charge >= 0.3 is 5.97 Å². The second-order valence-electron chi connectivity index (χ2n) is 5.94. The van der Waals surface area contributed by atoms with E-state index in [0.29, 0.717) is 17.8 Å². The van der Waals surface area contributed by atoms with Crippen LogP contribution >= 0.6 is 11.6 Å². The molecular weight excluding hydrogens is 366 g/mol. The smallest absolute Gasteiger partial charge is 0.339 e. The van der Waals surface area contributed by atoms with Crippen LogP contribution in [0.3, 0.4) is 0 Å². The van der Waals surface area contributed by atoms with Gasteiger partial charge in [-0.1, -0.05) is 23.7 Å². The highest BCUT2D eigenvalue weighted by molar-refractivity contribution is 6.33. The van der Waals surface area contributed by atoms with Gasteiger partial charge in [0.25, 0.3) is 5.91 Å². The molecule has 0 unspecified atom stereocenters. The predicted octanol–water partition coefficient (Wildman–Crippen LogP) is 3.93. The van der Waals surface area contributed by atoms with Crippen LogP contribution in [0.4, 0.5) is 5.69 Å². The molecule has 1 aromatic heterocycles. The maximum atomic E-state index is 12.5. The predicted molar refractivity (Wildman–Crippen MR) is 103 cm³/mol. The van der Waals surface area contributed by atoms with E-state index >= 15 is 0 Å². The largest absolute Gasteiger partial charge is 0.465 e. The number of esters is 1. The van der Waals surface area contributed by atoms with Crippen LogP contribution < -0.4 is 5.32 Å². The van der Waals surface area contributed by atoms with Crippen LogP contribution in [-0.4, -0.2) is 28.5 Å². The maximum Gasteiger partial charge on any atom is 0.339 e. The molecule has 1 amide bonds. The summed E-state index contributed by atoms with van der Waals surface area (Å²) in [5.41, 5.74) is 2.23. The normalized spacial score (nSPS) is 10.5. The number of halogens is 1. The van der Waals surface area contributed by atoms with Crippen molar-refractivity contribution in [1.29, 1.82) is 0 Å². The Labute approximate surface area is 161 Å². The van der Waals surface area contributed by atoms with Crippen molar-refractivity contribution < 1.29 is 14.3 Å². The molecule has 0 fully saturated rings. The molecular formula is C20H18ClN3O3. The summed E-state index contributed by atoms with van der Waals surface area (Å²) in [5, 5.41) is 3.02. The van der Waals surface area contributed by atoms with Gasteiger partial charge in [0.1, 0.15) is 5.82 Å². The molecule has 3 rings (SSSR count). The third kappa shape index (κ3) is 4.35. The fraction of sp³-hybridized carbons (Fsp3) is 0.150. The topological polar surface area (TPSA) is 73.2 Å². The lowest BCUT2D eigenvalue weighted by molar-refractivity contribution is 0.0600. The van der Waals surface area contributed by atoms with E-state index < -0.39 is 5.97 Å². The number of anilines is 1. The van der Waals surface area contributed by atoms with E-state index in [4.69, 9.17) is 11.6 Å². The molecule has 0 aliphatic carbocycles. The number of nitrogens with zero attached hydrogens (tertiary/aromatic N) is 2. The number of hydrogen-bond acceptors (Lipinski definition) is 4. The Balaban J connectivity index is 1.71. The van der Waals surface area contributed by atoms with Crippen molar-refractivity contribution in [3.8, 4) is 0 Å². The molecule has 0 saturated heterocycles. The molecule has 0 bridgehead atoms. The highest BCUT2D eigenvalue weighted by Crippen LogP contribution is 2.22. The summed E-state index contributed by atoms with van der Waals surface area (Å²) in [6.45, 7) is 2.63. The average molecular weight is 384 g/mol. The lowest BCUT2D eigenvalue weighted by Crippen LogP contribution is -2.13. The van der Waals surface area contributed by atoms with Gasteiger partial charge in [0.15, 0.2) is 0 Å². The van der Waals surface area contributed by atoms with Gasteiger partial charge in [-0.3, -0.25) is 4.79 Å². The molecule has 1 heterocycles. The molecule has 0 aliphatic heterocycles. The van der Waals surface area contributed by atoms with Crippen LogP contribution in [0.1, 0.15) is 32.1 Å². The maximum absolute atomic E-state index is 12.5. The number of aryl methyl sites for hydroxylation is 1. The Morgan fingerprint density at radius 3 is 2.56 bits per heavy atom. The summed E-state index contributed by atoms with van der Waals surface area (Å²) in [4.78, 5) is 28.4. The number of ether oxygens (including phenoxy) is 1. The van der Waals surface area contributed by atoms with Gasteiger partial charge in [0, 0.05) is 30.2 Å². The number of amides is 1. The number of rotatable bonds is 5. The van der Waals surface area contributed by atoms with Gasteiger partial charge < -0.3 is 14.6 Å². The van der Waals surface area contributed by atoms with Crippen molar-refractivity contribution >= 4 is 29.2 Å². The lowest BCUT2D eigenvalue weighted by atomic mass is 10.1. The second-order valence-corrected chi connectivity index (χ2v) is 6.35. The first-order valence-corrected chi connectivity index (χ1v) is 8.61. The number of carbonyl (C=O) groups is 2. The van der Waals surface area contributed by atoms with Crippen LogP contribution in [0.25, 0.3) is 0 Å². The molecule has 1 N–H and O–H groups in total. The SMILES string of the molecule is COC(=O)c1cc(NC(=O)c2ccc(Cn3ccnc3C)cc2)ccc1Cl. The zero-order valence-corrected chi connectivity index (χ0v) is 15.7. The molecule has 27 heavy (non-hydrogen) atoms. The van der Waals surface area contributed by atoms with Crippen molar-refractivity contribution in [3.63, 3.8) is 0 Å². The van der Waals surface area contributed by atoms with E-state index in [1.54, 1.807) is 30.5 Å². The number of carbonyl (C=O) groups excluding carboxylic acids is 2. The van der Waals surface area contributed by atoms with Crippen LogP contribution in [0, 0.1) is 6.92 Å². The standard InChI is InChI=1S/C20H18ClN3O3/c1-13-22-9-10-24(13)12-14-3-5-15(6-4-14)19(25)23-16-7-8-18(21)17(11-16)20(26)27-2/h3-11H,12H2,1-2H3,(H,23,25). The number of nitrogens with one attached hydrogen (secondary N) is 1. The summed E-state index contributed by atoms with van der Waals surface area (Å²) in [7, 11) is 1.27. The Morgan fingerprint density at radius 2 is 1.93 bits per heavy atom. The van der Waals surface area contributed by atoms with Crippen LogP contribution in [0.5, 0.6) is 0 Å². The van der Waals surface area contributed by atoms with Crippen molar-refractivity contribution in [2.24, 2.45) is 0 Å². The summed E-state index contributed by atoms with van der Waals surface area (Å²) in [6, 6.07) is 12.0. The fourth-order valence-corrected chi connectivity index (χ4v) is 2.80. The molecule has 0 atom stereocenters. The summed E-state index contributed by atoms with van der Waals surface area (Å²) >= 11 is 5.99. The number of benzene rings is 2. The minimum atomic E-state index is -0.560. The molecule has 138 valence electrons. The van der Waals surface area contributed by atoms with E-state index in [9.17, 15) is 9.59 Å². The summed E-state index contributed by atoms with van der Waals surface area (Å²) in [6.07, 6.45) is 3.67. The molecule has 2 aromatic carbocycles. The van der Waals surface area contributed by atoms with Crippen LogP contribution in [-0.2, 0) is 11.3 Å². The first-order chi connectivity index (χ1) is 13.0. The number of imidazole rings is 1. The van der Waals surface area contributed by atoms with Gasteiger partial charge in [0.05, 0.1) is 17.7 Å². The Hall–Kier alpha value is -3.12. The molecule has 0 spiro atoms. The number of hydrogen-bond donors (Lipinski definition) is 1. The van der Waals surface area contributed by atoms with Gasteiger partial charge in [-0.25, -0.2) is 9.78 Å². The van der Waals surface area contributed by atoms with Crippen LogP contribution in [0.15, 0.2) is 54.9 Å². The van der Waals surface area contributed by atoms with E-state index in [0.717, 1.165) is 11.4 Å². The third-order valence-corrected chi connectivity index (χ3v) is 4.45. The zero-order valence-electron chi connectivity index (χ0n) is 14.9. The van der Waals surface area contributed by atoms with Crippen molar-refractivity contribution in [3.05, 3.63) is 82.4 Å². The molecule has 7 heteroatoms. The highest BCUT2D eigenvalue weighted by atomic mass is 35.5. The molecule has 6 nitrogen and oxygen atoms in total. The monoisotopic (exact) mass is 383 g/mol. The van der Waals surface area contributed by atoms with E-state index in [1.807, 2.05) is 29.8 Å². The van der Waals surface area contributed by atoms with Gasteiger partial charge in [-0.15, -0.1) is 0 Å². The molecule has 0 saturated carbocycles. The van der Waals surface area contributed by atoms with E-state index in [2.05, 4.69) is 15.0 Å². The van der Waals surface area contributed by atoms with Crippen molar-refractivity contribution in [1.82, 2.24) is 9.55 Å². The number of methoxy groups -OCH3 is 1. The average Bonchev–Trinajstić information content (AvgIpc) is 3.07. The van der Waals surface area contributed by atoms with Crippen molar-refractivity contribution in [2.45, 2.75) is 13.5 Å². The Morgan fingerprint density at radius 1 is 1.19 bits per heavy atom. The highest BCUT2D eigenvalue weighted by Gasteiger charge is 2.13. The first-order valence-electron chi connectivity index (χ1n) is 8.24.